The zero-order valence-corrected chi connectivity index (χ0v) is 19.1. The lowest BCUT2D eigenvalue weighted by Crippen LogP contribution is -2.26. The largest absolute Gasteiger partial charge is 0.497 e. The second kappa shape index (κ2) is 10.6. The number of rotatable bonds is 10. The van der Waals surface area contributed by atoms with Crippen molar-refractivity contribution >= 4 is 22.5 Å². The molecule has 1 amide bonds. The Morgan fingerprint density at radius 1 is 1.15 bits per heavy atom. The molecule has 0 aliphatic carbocycles. The number of aromatic nitrogens is 4. The first-order valence-electron chi connectivity index (χ1n) is 11.0. The van der Waals surface area contributed by atoms with Crippen LogP contribution in [-0.2, 0) is 11.2 Å². The molecule has 0 saturated heterocycles. The highest BCUT2D eigenvalue weighted by molar-refractivity contribution is 5.93. The maximum atomic E-state index is 12.2. The van der Waals surface area contributed by atoms with Crippen molar-refractivity contribution in [1.29, 1.82) is 0 Å². The summed E-state index contributed by atoms with van der Waals surface area (Å²) >= 11 is 0. The summed E-state index contributed by atoms with van der Waals surface area (Å²) in [5.74, 6) is 2.17. The van der Waals surface area contributed by atoms with Crippen LogP contribution >= 0.6 is 0 Å². The van der Waals surface area contributed by atoms with Crippen LogP contribution in [0.4, 0.5) is 5.82 Å². The van der Waals surface area contributed by atoms with E-state index in [1.165, 1.54) is 0 Å². The molecule has 0 fully saturated rings. The number of hydrogen-bond donors (Lipinski definition) is 3. The minimum absolute atomic E-state index is 0.0901. The minimum atomic E-state index is -0.214. The second-order valence-corrected chi connectivity index (χ2v) is 7.77. The third kappa shape index (κ3) is 5.40. The van der Waals surface area contributed by atoms with E-state index in [0.29, 0.717) is 48.9 Å². The maximum Gasteiger partial charge on any atom is 0.272 e. The molecule has 4 aromatic rings. The van der Waals surface area contributed by atoms with Crippen molar-refractivity contribution in [1.82, 2.24) is 25.7 Å². The molecule has 2 aromatic carbocycles. The molecule has 10 nitrogen and oxygen atoms in total. The van der Waals surface area contributed by atoms with Gasteiger partial charge >= 0.3 is 0 Å². The minimum Gasteiger partial charge on any atom is -0.497 e. The number of fused-ring (bicyclic) bond motifs is 1. The molecule has 34 heavy (non-hydrogen) atoms. The van der Waals surface area contributed by atoms with E-state index >= 15 is 0 Å². The van der Waals surface area contributed by atoms with Gasteiger partial charge in [-0.25, -0.2) is 5.10 Å². The van der Waals surface area contributed by atoms with Crippen LogP contribution in [-0.4, -0.2) is 46.4 Å². The van der Waals surface area contributed by atoms with E-state index in [1.807, 2.05) is 43.3 Å². The summed E-state index contributed by atoms with van der Waals surface area (Å²) in [6.07, 6.45) is 1.31. The van der Waals surface area contributed by atoms with Crippen LogP contribution < -0.4 is 20.9 Å². The fraction of sp³-hybridized carbons (Fsp3) is 0.292. The van der Waals surface area contributed by atoms with Gasteiger partial charge in [0, 0.05) is 36.9 Å². The standard InChI is InChI=1S/C24H26N6O4/c1-15-5-3-6-18-21(15)23(28-29-24(18)32)26-14-4-13-25-19(31)11-12-20-27-22(30-34-20)16-7-9-17(33-2)10-8-16/h3,5-10H,4,11-14H2,1-2H3,(H,25,31)(H,26,28)(H,29,32). The molecule has 0 saturated carbocycles. The number of H-pyrrole nitrogens is 1. The predicted octanol–water partition coefficient (Wildman–Crippen LogP) is 2.84. The number of carbonyl (C=O) groups excluding carboxylic acids is 1. The lowest BCUT2D eigenvalue weighted by Gasteiger charge is -2.10. The van der Waals surface area contributed by atoms with Crippen molar-refractivity contribution in [3.8, 4) is 17.1 Å². The third-order valence-electron chi connectivity index (χ3n) is 5.37. The molecule has 10 heteroatoms. The highest BCUT2D eigenvalue weighted by Gasteiger charge is 2.11. The van der Waals surface area contributed by atoms with Gasteiger partial charge in [-0.15, -0.1) is 0 Å². The number of hydrogen-bond acceptors (Lipinski definition) is 8. The van der Waals surface area contributed by atoms with Gasteiger partial charge in [0.15, 0.2) is 5.82 Å². The Labute approximate surface area is 195 Å². The smallest absolute Gasteiger partial charge is 0.272 e. The van der Waals surface area contributed by atoms with E-state index in [2.05, 4.69) is 31.0 Å². The normalized spacial score (nSPS) is 10.9. The molecular weight excluding hydrogens is 436 g/mol. The number of ether oxygens (including phenoxy) is 1. The molecule has 176 valence electrons. The molecule has 0 aliphatic rings. The first kappa shape index (κ1) is 23.0. The van der Waals surface area contributed by atoms with Crippen molar-refractivity contribution in [3.63, 3.8) is 0 Å². The summed E-state index contributed by atoms with van der Waals surface area (Å²) in [5.41, 5.74) is 1.57. The average Bonchev–Trinajstić information content (AvgIpc) is 3.33. The van der Waals surface area contributed by atoms with E-state index in [0.717, 1.165) is 22.3 Å². The molecule has 3 N–H and O–H groups in total. The van der Waals surface area contributed by atoms with Crippen molar-refractivity contribution in [2.75, 3.05) is 25.5 Å². The monoisotopic (exact) mass is 462 g/mol. The zero-order valence-electron chi connectivity index (χ0n) is 19.1. The number of methoxy groups -OCH3 is 1. The molecule has 2 aromatic heterocycles. The van der Waals surface area contributed by atoms with Gasteiger partial charge in [0.2, 0.25) is 17.6 Å². The molecule has 0 unspecified atom stereocenters. The fourth-order valence-corrected chi connectivity index (χ4v) is 3.57. The number of benzene rings is 2. The number of carbonyl (C=O) groups is 1. The summed E-state index contributed by atoms with van der Waals surface area (Å²) in [6, 6.07) is 12.9. The maximum absolute atomic E-state index is 12.2. The number of nitrogens with one attached hydrogen (secondary N) is 3. The summed E-state index contributed by atoms with van der Waals surface area (Å²) in [5, 5.41) is 18.2. The van der Waals surface area contributed by atoms with Crippen LogP contribution in [0.1, 0.15) is 24.3 Å². The van der Waals surface area contributed by atoms with E-state index in [9.17, 15) is 9.59 Å². The van der Waals surface area contributed by atoms with Crippen LogP contribution in [0.5, 0.6) is 5.75 Å². The van der Waals surface area contributed by atoms with Crippen molar-refractivity contribution in [3.05, 3.63) is 64.3 Å². The van der Waals surface area contributed by atoms with Crippen LogP contribution in [0.25, 0.3) is 22.2 Å². The van der Waals surface area contributed by atoms with Crippen molar-refractivity contribution in [2.45, 2.75) is 26.2 Å². The molecule has 2 heterocycles. The highest BCUT2D eigenvalue weighted by atomic mass is 16.5. The van der Waals surface area contributed by atoms with Crippen LogP contribution in [0, 0.1) is 6.92 Å². The number of aryl methyl sites for hydroxylation is 2. The topological polar surface area (TPSA) is 135 Å². The Morgan fingerprint density at radius 3 is 2.76 bits per heavy atom. The van der Waals surface area contributed by atoms with Gasteiger partial charge < -0.3 is 19.9 Å². The van der Waals surface area contributed by atoms with Gasteiger partial charge in [-0.2, -0.15) is 10.1 Å². The Kier molecular flexibility index (Phi) is 7.16. The second-order valence-electron chi connectivity index (χ2n) is 7.77. The van der Waals surface area contributed by atoms with Gasteiger partial charge in [0.05, 0.1) is 12.5 Å². The van der Waals surface area contributed by atoms with Gasteiger partial charge in [0.25, 0.3) is 5.56 Å². The molecule has 0 radical (unpaired) electrons. The van der Waals surface area contributed by atoms with E-state index < -0.39 is 0 Å². The molecule has 4 rings (SSSR count). The quantitative estimate of drug-likeness (QED) is 0.306. The molecule has 0 spiro atoms. The van der Waals surface area contributed by atoms with Gasteiger partial charge in [-0.3, -0.25) is 9.59 Å². The first-order chi connectivity index (χ1) is 16.5. The van der Waals surface area contributed by atoms with Gasteiger partial charge in [0.1, 0.15) is 5.75 Å². The van der Waals surface area contributed by atoms with E-state index in [1.54, 1.807) is 13.2 Å². The Balaban J connectivity index is 1.20. The van der Waals surface area contributed by atoms with Crippen LogP contribution in [0.2, 0.25) is 0 Å². The first-order valence-corrected chi connectivity index (χ1v) is 11.0. The molecule has 0 aliphatic heterocycles. The summed E-state index contributed by atoms with van der Waals surface area (Å²) < 4.78 is 10.4. The Morgan fingerprint density at radius 2 is 1.97 bits per heavy atom. The predicted molar refractivity (Wildman–Crippen MR) is 128 cm³/mol. The van der Waals surface area contributed by atoms with E-state index in [-0.39, 0.29) is 17.9 Å². The fourth-order valence-electron chi connectivity index (χ4n) is 3.57. The summed E-state index contributed by atoms with van der Waals surface area (Å²) in [6.45, 7) is 3.04. The van der Waals surface area contributed by atoms with Crippen LogP contribution in [0.3, 0.4) is 0 Å². The number of aromatic amines is 1. The number of nitrogens with zero attached hydrogens (tertiary/aromatic N) is 3. The van der Waals surface area contributed by atoms with E-state index in [4.69, 9.17) is 9.26 Å². The summed E-state index contributed by atoms with van der Waals surface area (Å²) in [4.78, 5) is 28.5. The Hall–Kier alpha value is -4.21. The van der Waals surface area contributed by atoms with Gasteiger partial charge in [-0.05, 0) is 49.2 Å². The average molecular weight is 463 g/mol. The summed E-state index contributed by atoms with van der Waals surface area (Å²) in [7, 11) is 1.61. The molecule has 0 atom stereocenters. The number of anilines is 1. The zero-order chi connectivity index (χ0) is 23.9. The molecular formula is C24H26N6O4. The highest BCUT2D eigenvalue weighted by Crippen LogP contribution is 2.22. The van der Waals surface area contributed by atoms with Crippen molar-refractivity contribution < 1.29 is 14.1 Å². The lowest BCUT2D eigenvalue weighted by atomic mass is 10.1. The third-order valence-corrected chi connectivity index (χ3v) is 5.37. The Bertz CT molecular complexity index is 1330. The van der Waals surface area contributed by atoms with Crippen LogP contribution in [0.15, 0.2) is 51.8 Å². The SMILES string of the molecule is COc1ccc(-c2noc(CCC(=O)NCCCNc3n[nH]c(=O)c4cccc(C)c34)n2)cc1. The van der Waals surface area contributed by atoms with Gasteiger partial charge in [-0.1, -0.05) is 17.3 Å². The molecule has 0 bridgehead atoms. The lowest BCUT2D eigenvalue weighted by molar-refractivity contribution is -0.121. The van der Waals surface area contributed by atoms with Crippen molar-refractivity contribution in [2.24, 2.45) is 0 Å². The number of amides is 1.